The van der Waals surface area contributed by atoms with Crippen molar-refractivity contribution in [3.63, 3.8) is 0 Å². The van der Waals surface area contributed by atoms with E-state index in [1.165, 1.54) is 0 Å². The molecule has 0 radical (unpaired) electrons. The molecular weight excluding hydrogens is 264 g/mol. The lowest BCUT2D eigenvalue weighted by Gasteiger charge is -2.14. The largest absolute Gasteiger partial charge is 0.461 e. The van der Waals surface area contributed by atoms with Gasteiger partial charge >= 0.3 is 5.97 Å². The Kier molecular flexibility index (Phi) is 4.31. The average molecular weight is 282 g/mol. The molecule has 0 aliphatic carbocycles. The standard InChI is InChI=1S/C18H18O3/c19-18(21-12-15-9-5-2-6-10-15)16(17-13-20-17)11-14-7-3-1-4-8-14/h1-10,16-17H,11-13H2/t16-,17+/m1/s1. The molecule has 3 nitrogen and oxygen atoms in total. The van der Waals surface area contributed by atoms with Gasteiger partial charge in [0.2, 0.25) is 0 Å². The molecule has 0 unspecified atom stereocenters. The minimum Gasteiger partial charge on any atom is -0.461 e. The summed E-state index contributed by atoms with van der Waals surface area (Å²) in [5, 5.41) is 0. The Morgan fingerprint density at radius 2 is 1.62 bits per heavy atom. The molecule has 0 spiro atoms. The maximum Gasteiger partial charge on any atom is 0.312 e. The van der Waals surface area contributed by atoms with Crippen LogP contribution >= 0.6 is 0 Å². The minimum absolute atomic E-state index is 0.00785. The fourth-order valence-electron chi connectivity index (χ4n) is 2.36. The number of carbonyl (C=O) groups is 1. The van der Waals surface area contributed by atoms with Crippen LogP contribution in [0.15, 0.2) is 60.7 Å². The van der Waals surface area contributed by atoms with Crippen molar-refractivity contribution in [3.05, 3.63) is 71.8 Å². The van der Waals surface area contributed by atoms with Crippen LogP contribution in [0.2, 0.25) is 0 Å². The van der Waals surface area contributed by atoms with Crippen molar-refractivity contribution in [2.75, 3.05) is 6.61 Å². The molecule has 0 bridgehead atoms. The maximum absolute atomic E-state index is 12.3. The summed E-state index contributed by atoms with van der Waals surface area (Å²) in [7, 11) is 0. The number of ether oxygens (including phenoxy) is 2. The minimum atomic E-state index is -0.212. The quantitative estimate of drug-likeness (QED) is 0.604. The molecule has 21 heavy (non-hydrogen) atoms. The smallest absolute Gasteiger partial charge is 0.312 e. The van der Waals surface area contributed by atoms with Gasteiger partial charge in [0.05, 0.1) is 18.6 Å². The SMILES string of the molecule is O=C(OCc1ccccc1)[C@H](Cc1ccccc1)[C@@H]1CO1. The monoisotopic (exact) mass is 282 g/mol. The van der Waals surface area contributed by atoms with Crippen LogP contribution < -0.4 is 0 Å². The summed E-state index contributed by atoms with van der Waals surface area (Å²) < 4.78 is 10.8. The molecule has 1 heterocycles. The van der Waals surface area contributed by atoms with E-state index in [-0.39, 0.29) is 18.0 Å². The predicted octanol–water partition coefficient (Wildman–Crippen LogP) is 2.99. The Hall–Kier alpha value is -2.13. The van der Waals surface area contributed by atoms with Gasteiger partial charge in [0.15, 0.2) is 0 Å². The summed E-state index contributed by atoms with van der Waals surface area (Å²) in [6.45, 7) is 0.968. The number of benzene rings is 2. The van der Waals surface area contributed by atoms with Crippen LogP contribution in [0.5, 0.6) is 0 Å². The molecule has 1 aliphatic heterocycles. The number of carbonyl (C=O) groups excluding carboxylic acids is 1. The van der Waals surface area contributed by atoms with Crippen molar-refractivity contribution < 1.29 is 14.3 Å². The highest BCUT2D eigenvalue weighted by Crippen LogP contribution is 2.25. The van der Waals surface area contributed by atoms with Crippen molar-refractivity contribution in [2.24, 2.45) is 5.92 Å². The highest BCUT2D eigenvalue weighted by atomic mass is 16.6. The number of hydrogen-bond donors (Lipinski definition) is 0. The van der Waals surface area contributed by atoms with Crippen LogP contribution in [-0.4, -0.2) is 18.7 Å². The van der Waals surface area contributed by atoms with Crippen LogP contribution in [0.1, 0.15) is 11.1 Å². The Morgan fingerprint density at radius 1 is 1.05 bits per heavy atom. The first-order chi connectivity index (χ1) is 10.3. The van der Waals surface area contributed by atoms with Gasteiger partial charge in [-0.2, -0.15) is 0 Å². The van der Waals surface area contributed by atoms with Gasteiger partial charge < -0.3 is 9.47 Å². The molecule has 0 aromatic heterocycles. The van der Waals surface area contributed by atoms with Crippen LogP contribution in [0.4, 0.5) is 0 Å². The lowest BCUT2D eigenvalue weighted by Crippen LogP contribution is -2.25. The van der Waals surface area contributed by atoms with E-state index < -0.39 is 0 Å². The fraction of sp³-hybridized carbons (Fsp3) is 0.278. The summed E-state index contributed by atoms with van der Waals surface area (Å²) in [6, 6.07) is 19.7. The zero-order chi connectivity index (χ0) is 14.5. The maximum atomic E-state index is 12.3. The van der Waals surface area contributed by atoms with E-state index in [1.54, 1.807) is 0 Å². The molecule has 1 saturated heterocycles. The lowest BCUT2D eigenvalue weighted by molar-refractivity contribution is -0.150. The lowest BCUT2D eigenvalue weighted by atomic mass is 9.96. The molecule has 3 heteroatoms. The van der Waals surface area contributed by atoms with Crippen molar-refractivity contribution in [3.8, 4) is 0 Å². The first-order valence-corrected chi connectivity index (χ1v) is 7.19. The van der Waals surface area contributed by atoms with Crippen molar-refractivity contribution in [1.82, 2.24) is 0 Å². The summed E-state index contributed by atoms with van der Waals surface area (Å²) in [6.07, 6.45) is 0.674. The Labute approximate surface area is 124 Å². The third-order valence-corrected chi connectivity index (χ3v) is 3.63. The van der Waals surface area contributed by atoms with Gasteiger partial charge in [0, 0.05) is 0 Å². The van der Waals surface area contributed by atoms with Gasteiger partial charge in [-0.1, -0.05) is 60.7 Å². The van der Waals surface area contributed by atoms with E-state index >= 15 is 0 Å². The highest BCUT2D eigenvalue weighted by molar-refractivity contribution is 5.74. The van der Waals surface area contributed by atoms with E-state index in [9.17, 15) is 4.79 Å². The Morgan fingerprint density at radius 3 is 2.19 bits per heavy atom. The van der Waals surface area contributed by atoms with Crippen LogP contribution in [0, 0.1) is 5.92 Å². The Bertz CT molecular complexity index is 576. The zero-order valence-corrected chi connectivity index (χ0v) is 11.8. The first-order valence-electron chi connectivity index (χ1n) is 7.19. The fourth-order valence-corrected chi connectivity index (χ4v) is 2.36. The van der Waals surface area contributed by atoms with Gasteiger partial charge in [-0.05, 0) is 17.5 Å². The summed E-state index contributed by atoms with van der Waals surface area (Å²) in [5.74, 6) is -0.388. The summed E-state index contributed by atoms with van der Waals surface area (Å²) in [5.41, 5.74) is 2.13. The summed E-state index contributed by atoms with van der Waals surface area (Å²) >= 11 is 0. The predicted molar refractivity (Wildman–Crippen MR) is 79.6 cm³/mol. The number of epoxide rings is 1. The molecule has 0 N–H and O–H groups in total. The second-order valence-electron chi connectivity index (χ2n) is 5.26. The normalized spacial score (nSPS) is 18.0. The van der Waals surface area contributed by atoms with Crippen molar-refractivity contribution >= 4 is 5.97 Å². The third kappa shape index (κ3) is 3.92. The van der Waals surface area contributed by atoms with Gasteiger partial charge in [-0.3, -0.25) is 4.79 Å². The van der Waals surface area contributed by atoms with Crippen molar-refractivity contribution in [2.45, 2.75) is 19.1 Å². The van der Waals surface area contributed by atoms with Crippen LogP contribution in [0.25, 0.3) is 0 Å². The molecule has 2 aromatic carbocycles. The van der Waals surface area contributed by atoms with E-state index in [1.807, 2.05) is 60.7 Å². The molecule has 0 saturated carbocycles. The number of hydrogen-bond acceptors (Lipinski definition) is 3. The second-order valence-corrected chi connectivity index (χ2v) is 5.26. The zero-order valence-electron chi connectivity index (χ0n) is 11.8. The van der Waals surface area contributed by atoms with Crippen molar-refractivity contribution in [1.29, 1.82) is 0 Å². The molecule has 2 atom stereocenters. The summed E-state index contributed by atoms with van der Waals surface area (Å²) in [4.78, 5) is 12.3. The van der Waals surface area contributed by atoms with Gasteiger partial charge in [-0.15, -0.1) is 0 Å². The van der Waals surface area contributed by atoms with Crippen LogP contribution in [-0.2, 0) is 27.3 Å². The van der Waals surface area contributed by atoms with Gasteiger partial charge in [-0.25, -0.2) is 0 Å². The topological polar surface area (TPSA) is 38.8 Å². The third-order valence-electron chi connectivity index (χ3n) is 3.63. The number of rotatable bonds is 6. The molecular formula is C18H18O3. The van der Waals surface area contributed by atoms with Gasteiger partial charge in [0.1, 0.15) is 6.61 Å². The van der Waals surface area contributed by atoms with E-state index in [2.05, 4.69) is 0 Å². The molecule has 108 valence electrons. The van der Waals surface area contributed by atoms with E-state index in [0.717, 1.165) is 11.1 Å². The second kappa shape index (κ2) is 6.55. The molecule has 3 rings (SSSR count). The molecule has 0 amide bonds. The van der Waals surface area contributed by atoms with E-state index in [0.29, 0.717) is 19.6 Å². The first kappa shape index (κ1) is 13.8. The van der Waals surface area contributed by atoms with Crippen LogP contribution in [0.3, 0.4) is 0 Å². The van der Waals surface area contributed by atoms with Gasteiger partial charge in [0.25, 0.3) is 0 Å². The molecule has 1 aliphatic rings. The van der Waals surface area contributed by atoms with E-state index in [4.69, 9.17) is 9.47 Å². The molecule has 2 aromatic rings. The Balaban J connectivity index is 1.60. The highest BCUT2D eigenvalue weighted by Gasteiger charge is 2.38. The number of esters is 1. The average Bonchev–Trinajstić information content (AvgIpc) is 3.37. The molecule has 1 fully saturated rings.